The number of rotatable bonds is 7. The molecule has 1 saturated heterocycles. The maximum Gasteiger partial charge on any atom is 0.305 e. The molecule has 11 nitrogen and oxygen atoms in total. The van der Waals surface area contributed by atoms with Gasteiger partial charge < -0.3 is 28.4 Å². The molecule has 0 N–H and O–H groups in total. The third-order valence-corrected chi connectivity index (χ3v) is 3.23. The highest BCUT2D eigenvalue weighted by atomic mass is 16.8. The molecular weight excluding hydrogens is 368 g/mol. The highest BCUT2D eigenvalue weighted by Gasteiger charge is 2.55. The number of esters is 5. The van der Waals surface area contributed by atoms with Crippen LogP contribution < -0.4 is 0 Å². The van der Waals surface area contributed by atoms with Gasteiger partial charge in [-0.3, -0.25) is 24.0 Å². The monoisotopic (exact) mass is 390 g/mol. The van der Waals surface area contributed by atoms with Crippen LogP contribution >= 0.6 is 0 Å². The van der Waals surface area contributed by atoms with Crippen LogP contribution in [0.4, 0.5) is 0 Å². The zero-order valence-corrected chi connectivity index (χ0v) is 15.6. The lowest BCUT2D eigenvalue weighted by atomic mass is 10.1. The van der Waals surface area contributed by atoms with Gasteiger partial charge in [0.15, 0.2) is 12.2 Å². The normalized spacial score (nSPS) is 25.1. The van der Waals surface area contributed by atoms with Gasteiger partial charge >= 0.3 is 29.8 Å². The molecular formula is C16H22O11. The van der Waals surface area contributed by atoms with Crippen molar-refractivity contribution in [3.05, 3.63) is 0 Å². The lowest BCUT2D eigenvalue weighted by Crippen LogP contribution is -2.46. The molecule has 1 aliphatic rings. The summed E-state index contributed by atoms with van der Waals surface area (Å²) in [6.45, 7) is 5.15. The van der Waals surface area contributed by atoms with Gasteiger partial charge in [-0.05, 0) is 0 Å². The van der Waals surface area contributed by atoms with E-state index in [1.54, 1.807) is 0 Å². The number of carbonyl (C=O) groups excluding carboxylic acids is 5. The maximum absolute atomic E-state index is 11.5. The molecule has 0 aromatic heterocycles. The van der Waals surface area contributed by atoms with E-state index in [1.165, 1.54) is 0 Å². The lowest BCUT2D eigenvalue weighted by Gasteiger charge is -2.27. The Morgan fingerprint density at radius 1 is 0.741 bits per heavy atom. The summed E-state index contributed by atoms with van der Waals surface area (Å²) in [5.74, 6) is -3.62. The molecule has 0 spiro atoms. The molecule has 1 rings (SSSR count). The minimum atomic E-state index is -1.42. The summed E-state index contributed by atoms with van der Waals surface area (Å²) in [7, 11) is 0. The van der Waals surface area contributed by atoms with Gasteiger partial charge in [0.25, 0.3) is 0 Å². The molecule has 152 valence electrons. The van der Waals surface area contributed by atoms with Crippen molar-refractivity contribution in [2.24, 2.45) is 0 Å². The van der Waals surface area contributed by atoms with Crippen LogP contribution in [0.5, 0.6) is 0 Å². The first-order chi connectivity index (χ1) is 12.5. The molecule has 1 fully saturated rings. The van der Waals surface area contributed by atoms with E-state index in [1.807, 2.05) is 0 Å². The molecule has 5 atom stereocenters. The summed E-state index contributed by atoms with van der Waals surface area (Å²) in [5.41, 5.74) is 0. The number of carbonyl (C=O) groups is 5. The van der Waals surface area contributed by atoms with E-state index in [-0.39, 0.29) is 0 Å². The highest BCUT2D eigenvalue weighted by molar-refractivity contribution is 5.69. The first-order valence-corrected chi connectivity index (χ1v) is 7.99. The molecule has 0 aromatic carbocycles. The van der Waals surface area contributed by atoms with Crippen molar-refractivity contribution in [3.8, 4) is 0 Å². The Bertz CT molecular complexity index is 599. The van der Waals surface area contributed by atoms with Crippen molar-refractivity contribution in [2.75, 3.05) is 6.61 Å². The van der Waals surface area contributed by atoms with Gasteiger partial charge in [-0.1, -0.05) is 0 Å². The molecule has 11 heteroatoms. The van der Waals surface area contributed by atoms with Crippen molar-refractivity contribution in [3.63, 3.8) is 0 Å². The van der Waals surface area contributed by atoms with Gasteiger partial charge in [0.2, 0.25) is 12.4 Å². The average Bonchev–Trinajstić information content (AvgIpc) is 2.79. The van der Waals surface area contributed by atoms with E-state index in [0.29, 0.717) is 0 Å². The van der Waals surface area contributed by atoms with Gasteiger partial charge in [0, 0.05) is 34.6 Å². The van der Waals surface area contributed by atoms with Crippen LogP contribution in [0.1, 0.15) is 34.6 Å². The highest BCUT2D eigenvalue weighted by Crippen LogP contribution is 2.31. The van der Waals surface area contributed by atoms with Crippen molar-refractivity contribution in [1.82, 2.24) is 0 Å². The second-order valence-corrected chi connectivity index (χ2v) is 5.68. The largest absolute Gasteiger partial charge is 0.462 e. The fourth-order valence-electron chi connectivity index (χ4n) is 2.46. The predicted octanol–water partition coefficient (Wildman–Crippen LogP) is -0.367. The molecule has 0 amide bonds. The van der Waals surface area contributed by atoms with Gasteiger partial charge in [0.05, 0.1) is 0 Å². The quantitative estimate of drug-likeness (QED) is 0.415. The minimum absolute atomic E-state index is 0.420. The van der Waals surface area contributed by atoms with Gasteiger partial charge in [-0.15, -0.1) is 0 Å². The first kappa shape index (κ1) is 22.4. The SMILES string of the molecule is CC(=O)OC[C@H](OC(C)=O)[C@H]1O[C@@H](OC(C)=O)[C@H](OC(C)=O)[C@H]1OC(C)=O. The van der Waals surface area contributed by atoms with E-state index in [2.05, 4.69) is 0 Å². The third-order valence-electron chi connectivity index (χ3n) is 3.23. The maximum atomic E-state index is 11.5. The Kier molecular flexibility index (Phi) is 8.16. The average molecular weight is 390 g/mol. The summed E-state index contributed by atoms with van der Waals surface area (Å²) >= 11 is 0. The summed E-state index contributed by atoms with van der Waals surface area (Å²) < 4.78 is 30.7. The predicted molar refractivity (Wildman–Crippen MR) is 83.7 cm³/mol. The minimum Gasteiger partial charge on any atom is -0.462 e. The topological polar surface area (TPSA) is 141 Å². The summed E-state index contributed by atoms with van der Waals surface area (Å²) in [6.07, 6.45) is -6.46. The van der Waals surface area contributed by atoms with Crippen molar-refractivity contribution in [2.45, 2.75) is 65.3 Å². The van der Waals surface area contributed by atoms with Gasteiger partial charge in [-0.25, -0.2) is 0 Å². The summed E-state index contributed by atoms with van der Waals surface area (Å²) in [4.78, 5) is 56.7. The summed E-state index contributed by atoms with van der Waals surface area (Å²) in [5, 5.41) is 0. The zero-order chi connectivity index (χ0) is 20.7. The van der Waals surface area contributed by atoms with Crippen LogP contribution in [-0.2, 0) is 52.4 Å². The second kappa shape index (κ2) is 9.86. The molecule has 27 heavy (non-hydrogen) atoms. The standard InChI is InChI=1S/C16H22O11/c1-7(17)22-6-12(23-8(2)18)13-14(24-9(3)19)15(25-10(4)20)16(27-13)26-11(5)21/h12-16H,6H2,1-5H3/t12-,13+,14-,15+,16+/m0/s1. The van der Waals surface area contributed by atoms with Crippen LogP contribution in [0, 0.1) is 0 Å². The van der Waals surface area contributed by atoms with Crippen molar-refractivity contribution in [1.29, 1.82) is 0 Å². The van der Waals surface area contributed by atoms with E-state index in [9.17, 15) is 24.0 Å². The van der Waals surface area contributed by atoms with Crippen LogP contribution in [0.2, 0.25) is 0 Å². The first-order valence-electron chi connectivity index (χ1n) is 7.99. The smallest absolute Gasteiger partial charge is 0.305 e. The van der Waals surface area contributed by atoms with Crippen molar-refractivity contribution >= 4 is 29.8 Å². The molecule has 0 radical (unpaired) electrons. The summed E-state index contributed by atoms with van der Waals surface area (Å²) in [6, 6.07) is 0. The van der Waals surface area contributed by atoms with Gasteiger partial charge in [0.1, 0.15) is 12.7 Å². The Balaban J connectivity index is 3.20. The van der Waals surface area contributed by atoms with E-state index in [0.717, 1.165) is 34.6 Å². The van der Waals surface area contributed by atoms with Crippen LogP contribution in [0.15, 0.2) is 0 Å². The van der Waals surface area contributed by atoms with Crippen molar-refractivity contribution < 1.29 is 52.4 Å². The second-order valence-electron chi connectivity index (χ2n) is 5.68. The Hall–Kier alpha value is -2.69. The fourth-order valence-corrected chi connectivity index (χ4v) is 2.46. The molecule has 0 saturated carbocycles. The Morgan fingerprint density at radius 2 is 1.26 bits per heavy atom. The zero-order valence-electron chi connectivity index (χ0n) is 15.6. The van der Waals surface area contributed by atoms with Crippen LogP contribution in [0.3, 0.4) is 0 Å². The Labute approximate surface area is 155 Å². The molecule has 0 aromatic rings. The van der Waals surface area contributed by atoms with Crippen LogP contribution in [-0.4, -0.2) is 67.2 Å². The molecule has 0 aliphatic carbocycles. The molecule has 1 heterocycles. The number of ether oxygens (including phenoxy) is 6. The van der Waals surface area contributed by atoms with E-state index >= 15 is 0 Å². The van der Waals surface area contributed by atoms with E-state index in [4.69, 9.17) is 28.4 Å². The lowest BCUT2D eigenvalue weighted by molar-refractivity contribution is -0.203. The molecule has 1 aliphatic heterocycles. The number of hydrogen-bond acceptors (Lipinski definition) is 11. The van der Waals surface area contributed by atoms with Gasteiger partial charge in [-0.2, -0.15) is 0 Å². The molecule has 0 bridgehead atoms. The fraction of sp³-hybridized carbons (Fsp3) is 0.688. The number of hydrogen-bond donors (Lipinski definition) is 0. The van der Waals surface area contributed by atoms with Crippen LogP contribution in [0.25, 0.3) is 0 Å². The Morgan fingerprint density at radius 3 is 1.70 bits per heavy atom. The molecule has 0 unspecified atom stereocenters. The third kappa shape index (κ3) is 7.21. The van der Waals surface area contributed by atoms with E-state index < -0.39 is 67.2 Å².